The maximum absolute atomic E-state index is 12.0. The molecule has 4 heteroatoms. The second-order valence-electron chi connectivity index (χ2n) is 4.55. The quantitative estimate of drug-likeness (QED) is 0.866. The van der Waals surface area contributed by atoms with Crippen molar-refractivity contribution in [3.05, 3.63) is 35.4 Å². The molecule has 0 saturated carbocycles. The first-order valence-corrected chi connectivity index (χ1v) is 5.93. The van der Waals surface area contributed by atoms with Crippen LogP contribution in [-0.4, -0.2) is 35.0 Å². The van der Waals surface area contributed by atoms with Gasteiger partial charge < -0.3 is 10.0 Å². The Bertz CT molecular complexity index is 442. The number of hydrogen-bond donors (Lipinski definition) is 1. The Morgan fingerprint density at radius 2 is 1.94 bits per heavy atom. The van der Waals surface area contributed by atoms with Gasteiger partial charge in [0.2, 0.25) is 5.91 Å². The van der Waals surface area contributed by atoms with Crippen LogP contribution in [0.1, 0.15) is 24.5 Å². The molecule has 4 nitrogen and oxygen atoms in total. The highest BCUT2D eigenvalue weighted by Gasteiger charge is 2.18. The van der Waals surface area contributed by atoms with Crippen LogP contribution >= 0.6 is 0 Å². The van der Waals surface area contributed by atoms with Gasteiger partial charge in [-0.05, 0) is 25.0 Å². The van der Waals surface area contributed by atoms with Gasteiger partial charge in [-0.15, -0.1) is 0 Å². The van der Waals surface area contributed by atoms with Gasteiger partial charge in [0.1, 0.15) is 0 Å². The van der Waals surface area contributed by atoms with Crippen molar-refractivity contribution in [1.82, 2.24) is 4.90 Å². The first-order chi connectivity index (χ1) is 8.41. The van der Waals surface area contributed by atoms with Gasteiger partial charge in [0.05, 0.1) is 12.8 Å². The second-order valence-corrected chi connectivity index (χ2v) is 4.55. The van der Waals surface area contributed by atoms with Gasteiger partial charge >= 0.3 is 5.97 Å². The number of rotatable bonds is 5. The van der Waals surface area contributed by atoms with Crippen LogP contribution in [0, 0.1) is 6.92 Å². The molecule has 18 heavy (non-hydrogen) atoms. The van der Waals surface area contributed by atoms with E-state index in [1.165, 1.54) is 4.90 Å². The highest BCUT2D eigenvalue weighted by molar-refractivity contribution is 5.80. The van der Waals surface area contributed by atoms with Gasteiger partial charge in [-0.2, -0.15) is 0 Å². The Hall–Kier alpha value is -1.84. The molecule has 1 atom stereocenters. The third-order valence-electron chi connectivity index (χ3n) is 3.13. The Balaban J connectivity index is 2.65. The lowest BCUT2D eigenvalue weighted by Gasteiger charge is -2.24. The lowest BCUT2D eigenvalue weighted by molar-refractivity contribution is -0.139. The van der Waals surface area contributed by atoms with Crippen molar-refractivity contribution >= 4 is 11.9 Å². The van der Waals surface area contributed by atoms with Gasteiger partial charge in [-0.25, -0.2) is 0 Å². The topological polar surface area (TPSA) is 57.6 Å². The molecule has 1 unspecified atom stereocenters. The highest BCUT2D eigenvalue weighted by Crippen LogP contribution is 2.11. The fourth-order valence-electron chi connectivity index (χ4n) is 1.73. The van der Waals surface area contributed by atoms with Crippen LogP contribution in [0.15, 0.2) is 24.3 Å². The maximum Gasteiger partial charge on any atom is 0.305 e. The minimum absolute atomic E-state index is 0.0317. The van der Waals surface area contributed by atoms with E-state index in [0.29, 0.717) is 6.42 Å². The lowest BCUT2D eigenvalue weighted by atomic mass is 10.0. The summed E-state index contributed by atoms with van der Waals surface area (Å²) in [5.41, 5.74) is 2.06. The number of amides is 1. The molecular weight excluding hydrogens is 230 g/mol. The molecule has 1 amide bonds. The summed E-state index contributed by atoms with van der Waals surface area (Å²) in [6, 6.07) is 7.42. The number of carbonyl (C=O) groups excluding carboxylic acids is 1. The molecule has 0 spiro atoms. The summed E-state index contributed by atoms with van der Waals surface area (Å²) in [5.74, 6) is -0.948. The van der Waals surface area contributed by atoms with Crippen molar-refractivity contribution in [2.75, 3.05) is 7.05 Å². The lowest BCUT2D eigenvalue weighted by Crippen LogP contribution is -2.37. The summed E-state index contributed by atoms with van der Waals surface area (Å²) in [6.07, 6.45) is 0.281. The Morgan fingerprint density at radius 1 is 1.33 bits per heavy atom. The van der Waals surface area contributed by atoms with Crippen LogP contribution in [-0.2, 0) is 16.0 Å². The van der Waals surface area contributed by atoms with E-state index >= 15 is 0 Å². The predicted octanol–water partition coefficient (Wildman–Crippen LogP) is 1.86. The van der Waals surface area contributed by atoms with Gasteiger partial charge in [0, 0.05) is 13.1 Å². The number of benzene rings is 1. The number of likely N-dealkylation sites (N-methyl/N-ethyl adjacent to an activating group) is 1. The smallest absolute Gasteiger partial charge is 0.305 e. The monoisotopic (exact) mass is 249 g/mol. The minimum atomic E-state index is -0.891. The van der Waals surface area contributed by atoms with E-state index in [0.717, 1.165) is 11.1 Å². The van der Waals surface area contributed by atoms with Crippen molar-refractivity contribution in [1.29, 1.82) is 0 Å². The van der Waals surface area contributed by atoms with Gasteiger partial charge in [0.25, 0.3) is 0 Å². The maximum atomic E-state index is 12.0. The molecule has 1 N–H and O–H groups in total. The van der Waals surface area contributed by atoms with Crippen LogP contribution < -0.4 is 0 Å². The molecule has 0 aliphatic heterocycles. The van der Waals surface area contributed by atoms with Crippen LogP contribution in [0.5, 0.6) is 0 Å². The van der Waals surface area contributed by atoms with Crippen LogP contribution in [0.3, 0.4) is 0 Å². The standard InChI is InChI=1S/C14H19NO3/c1-10-6-4-5-7-12(10)9-13(16)15(3)11(2)8-14(17)18/h4-7,11H,8-9H2,1-3H3,(H,17,18). The zero-order valence-corrected chi connectivity index (χ0v) is 11.0. The zero-order chi connectivity index (χ0) is 13.7. The molecular formula is C14H19NO3. The number of hydrogen-bond acceptors (Lipinski definition) is 2. The average molecular weight is 249 g/mol. The van der Waals surface area contributed by atoms with Gasteiger partial charge in [0.15, 0.2) is 0 Å². The summed E-state index contributed by atoms with van der Waals surface area (Å²) in [4.78, 5) is 24.1. The summed E-state index contributed by atoms with van der Waals surface area (Å²) < 4.78 is 0. The molecule has 1 rings (SSSR count). The van der Waals surface area contributed by atoms with Gasteiger partial charge in [-0.3, -0.25) is 9.59 Å². The SMILES string of the molecule is Cc1ccccc1CC(=O)N(C)C(C)CC(=O)O. The van der Waals surface area contributed by atoms with E-state index in [-0.39, 0.29) is 18.4 Å². The molecule has 1 aromatic carbocycles. The van der Waals surface area contributed by atoms with Crippen molar-refractivity contribution < 1.29 is 14.7 Å². The van der Waals surface area contributed by atoms with E-state index in [9.17, 15) is 9.59 Å². The fraction of sp³-hybridized carbons (Fsp3) is 0.429. The Kier molecular flexibility index (Phi) is 4.89. The molecule has 98 valence electrons. The summed E-state index contributed by atoms with van der Waals surface area (Å²) >= 11 is 0. The van der Waals surface area contributed by atoms with Crippen molar-refractivity contribution in [2.24, 2.45) is 0 Å². The summed E-state index contributed by atoms with van der Waals surface area (Å²) in [5, 5.41) is 8.71. The fourth-order valence-corrected chi connectivity index (χ4v) is 1.73. The average Bonchev–Trinajstić information content (AvgIpc) is 2.30. The molecule has 0 saturated heterocycles. The van der Waals surface area contributed by atoms with E-state index in [1.54, 1.807) is 14.0 Å². The van der Waals surface area contributed by atoms with Gasteiger partial charge in [-0.1, -0.05) is 24.3 Å². The number of aryl methyl sites for hydroxylation is 1. The second kappa shape index (κ2) is 6.19. The molecule has 0 aliphatic rings. The number of carboxylic acid groups (broad SMARTS) is 1. The first kappa shape index (κ1) is 14.2. The minimum Gasteiger partial charge on any atom is -0.481 e. The van der Waals surface area contributed by atoms with E-state index in [2.05, 4.69) is 0 Å². The number of nitrogens with zero attached hydrogens (tertiary/aromatic N) is 1. The van der Waals surface area contributed by atoms with E-state index in [1.807, 2.05) is 31.2 Å². The molecule has 0 aliphatic carbocycles. The highest BCUT2D eigenvalue weighted by atomic mass is 16.4. The predicted molar refractivity (Wildman–Crippen MR) is 69.4 cm³/mol. The molecule has 0 bridgehead atoms. The molecule has 0 aromatic heterocycles. The Labute approximate surface area is 107 Å². The van der Waals surface area contributed by atoms with Crippen molar-refractivity contribution in [3.63, 3.8) is 0 Å². The molecule has 1 aromatic rings. The molecule has 0 radical (unpaired) electrons. The van der Waals surface area contributed by atoms with Crippen molar-refractivity contribution in [3.8, 4) is 0 Å². The van der Waals surface area contributed by atoms with Crippen molar-refractivity contribution in [2.45, 2.75) is 32.7 Å². The third kappa shape index (κ3) is 3.87. The number of carbonyl (C=O) groups is 2. The van der Waals surface area contributed by atoms with E-state index in [4.69, 9.17) is 5.11 Å². The molecule has 0 heterocycles. The number of aliphatic carboxylic acids is 1. The summed E-state index contributed by atoms with van der Waals surface area (Å²) in [7, 11) is 1.65. The number of carboxylic acids is 1. The van der Waals surface area contributed by atoms with Crippen LogP contribution in [0.2, 0.25) is 0 Å². The third-order valence-corrected chi connectivity index (χ3v) is 3.13. The zero-order valence-electron chi connectivity index (χ0n) is 11.0. The normalized spacial score (nSPS) is 11.9. The largest absolute Gasteiger partial charge is 0.481 e. The summed E-state index contributed by atoms with van der Waals surface area (Å²) in [6.45, 7) is 3.70. The van der Waals surface area contributed by atoms with E-state index < -0.39 is 5.97 Å². The van der Waals surface area contributed by atoms with Crippen LogP contribution in [0.4, 0.5) is 0 Å². The Morgan fingerprint density at radius 3 is 2.50 bits per heavy atom. The molecule has 0 fully saturated rings. The van der Waals surface area contributed by atoms with Crippen LogP contribution in [0.25, 0.3) is 0 Å². The first-order valence-electron chi connectivity index (χ1n) is 5.93.